The summed E-state index contributed by atoms with van der Waals surface area (Å²) < 4.78 is 0. The van der Waals surface area contributed by atoms with E-state index in [2.05, 4.69) is 30.1 Å². The van der Waals surface area contributed by atoms with Crippen LogP contribution in [-0.4, -0.2) is 12.9 Å². The summed E-state index contributed by atoms with van der Waals surface area (Å²) in [7, 11) is 1.04. The summed E-state index contributed by atoms with van der Waals surface area (Å²) in [5.74, 6) is 0. The highest BCUT2D eigenvalue weighted by Crippen LogP contribution is 2.12. The number of aliphatic imine (C=N–C) groups is 1. The SMILES string of the molecule is CC1=Nc2ccccc2B1. The average Bonchev–Trinajstić information content (AvgIpc) is 2.27. The van der Waals surface area contributed by atoms with Gasteiger partial charge in [0.2, 0.25) is 7.28 Å². The fraction of sp³-hybridized carbons (Fsp3) is 0.125. The smallest absolute Gasteiger partial charge is 0.213 e. The molecule has 0 N–H and O–H groups in total. The molecule has 2 rings (SSSR count). The number of para-hydroxylation sites is 1. The number of fused-ring (bicyclic) bond motifs is 1. The van der Waals surface area contributed by atoms with Crippen molar-refractivity contribution in [3.63, 3.8) is 0 Å². The minimum Gasteiger partial charge on any atom is -0.268 e. The summed E-state index contributed by atoms with van der Waals surface area (Å²) in [6.07, 6.45) is 0. The number of hydrogen-bond acceptors (Lipinski definition) is 1. The lowest BCUT2D eigenvalue weighted by atomic mass is 9.68. The molecule has 1 aliphatic heterocycles. The van der Waals surface area contributed by atoms with Gasteiger partial charge < -0.3 is 0 Å². The van der Waals surface area contributed by atoms with Crippen LogP contribution in [0.5, 0.6) is 0 Å². The van der Waals surface area contributed by atoms with E-state index >= 15 is 0 Å². The second-order valence-corrected chi connectivity index (χ2v) is 2.65. The molecule has 0 aromatic heterocycles. The molecule has 48 valence electrons. The number of nitrogens with zero attached hydrogens (tertiary/aromatic N) is 1. The van der Waals surface area contributed by atoms with Crippen LogP contribution in [0, 0.1) is 0 Å². The third kappa shape index (κ3) is 0.765. The van der Waals surface area contributed by atoms with Crippen molar-refractivity contribution in [2.75, 3.05) is 0 Å². The maximum Gasteiger partial charge on any atom is 0.213 e. The van der Waals surface area contributed by atoms with Gasteiger partial charge in [0.05, 0.1) is 5.69 Å². The minimum absolute atomic E-state index is 1.04. The van der Waals surface area contributed by atoms with Gasteiger partial charge in [0.25, 0.3) is 0 Å². The zero-order valence-electron chi connectivity index (χ0n) is 5.96. The van der Waals surface area contributed by atoms with Gasteiger partial charge >= 0.3 is 0 Å². The van der Waals surface area contributed by atoms with Crippen molar-refractivity contribution < 1.29 is 0 Å². The number of benzene rings is 1. The Labute approximate surface area is 61.0 Å². The highest BCUT2D eigenvalue weighted by atomic mass is 14.7. The van der Waals surface area contributed by atoms with E-state index in [0.717, 1.165) is 13.0 Å². The third-order valence-corrected chi connectivity index (χ3v) is 1.75. The fourth-order valence-electron chi connectivity index (χ4n) is 1.29. The maximum atomic E-state index is 4.37. The first kappa shape index (κ1) is 5.72. The van der Waals surface area contributed by atoms with Crippen molar-refractivity contribution in [3.8, 4) is 0 Å². The van der Waals surface area contributed by atoms with Gasteiger partial charge in [-0.05, 0) is 18.6 Å². The highest BCUT2D eigenvalue weighted by Gasteiger charge is 2.10. The van der Waals surface area contributed by atoms with Crippen LogP contribution in [0.2, 0.25) is 0 Å². The molecule has 0 fully saturated rings. The summed E-state index contributed by atoms with van der Waals surface area (Å²) >= 11 is 0. The van der Waals surface area contributed by atoms with E-state index in [4.69, 9.17) is 0 Å². The van der Waals surface area contributed by atoms with Crippen LogP contribution in [0.1, 0.15) is 6.92 Å². The molecule has 0 radical (unpaired) electrons. The van der Waals surface area contributed by atoms with Crippen molar-refractivity contribution in [1.29, 1.82) is 0 Å². The average molecular weight is 129 g/mol. The quantitative estimate of drug-likeness (QED) is 0.459. The minimum atomic E-state index is 1.04. The molecule has 0 aliphatic carbocycles. The van der Waals surface area contributed by atoms with Crippen LogP contribution >= 0.6 is 0 Å². The second-order valence-electron chi connectivity index (χ2n) is 2.65. The molecule has 1 heterocycles. The Morgan fingerprint density at radius 2 is 2.10 bits per heavy atom. The van der Waals surface area contributed by atoms with E-state index in [1.165, 1.54) is 11.1 Å². The Bertz CT molecular complexity index is 291. The van der Waals surface area contributed by atoms with Crippen molar-refractivity contribution in [1.82, 2.24) is 0 Å². The first-order chi connectivity index (χ1) is 4.86. The number of hydrogen-bond donors (Lipinski definition) is 0. The third-order valence-electron chi connectivity index (χ3n) is 1.75. The molecule has 0 atom stereocenters. The normalized spacial score (nSPS) is 13.9. The van der Waals surface area contributed by atoms with Crippen LogP contribution in [0.25, 0.3) is 0 Å². The second kappa shape index (κ2) is 1.98. The summed E-state index contributed by atoms with van der Waals surface area (Å²) in [6, 6.07) is 8.29. The summed E-state index contributed by atoms with van der Waals surface area (Å²) in [5, 5.41) is 0. The highest BCUT2D eigenvalue weighted by molar-refractivity contribution is 6.87. The van der Waals surface area contributed by atoms with Gasteiger partial charge in [0.1, 0.15) is 0 Å². The Hall–Kier alpha value is -1.05. The van der Waals surface area contributed by atoms with Crippen molar-refractivity contribution >= 4 is 24.0 Å². The lowest BCUT2D eigenvalue weighted by molar-refractivity contribution is 1.57. The van der Waals surface area contributed by atoms with Gasteiger partial charge in [-0.1, -0.05) is 23.7 Å². The largest absolute Gasteiger partial charge is 0.268 e. The Morgan fingerprint density at radius 1 is 1.30 bits per heavy atom. The van der Waals surface area contributed by atoms with Gasteiger partial charge in [-0.3, -0.25) is 4.99 Å². The van der Waals surface area contributed by atoms with Gasteiger partial charge in [-0.25, -0.2) is 0 Å². The van der Waals surface area contributed by atoms with E-state index in [-0.39, 0.29) is 0 Å². The molecule has 0 spiro atoms. The van der Waals surface area contributed by atoms with Crippen molar-refractivity contribution in [2.24, 2.45) is 4.99 Å². The first-order valence-corrected chi connectivity index (χ1v) is 3.48. The van der Waals surface area contributed by atoms with Crippen LogP contribution in [0.4, 0.5) is 5.69 Å². The predicted molar refractivity (Wildman–Crippen MR) is 46.0 cm³/mol. The standard InChI is InChI=1S/C8H8BN/c1-6-9-7-4-2-3-5-8(7)10-6/h2-5,9H,1H3. The molecule has 0 amide bonds. The van der Waals surface area contributed by atoms with Crippen LogP contribution in [-0.2, 0) is 0 Å². The molecule has 0 bridgehead atoms. The van der Waals surface area contributed by atoms with Crippen LogP contribution in [0.3, 0.4) is 0 Å². The van der Waals surface area contributed by atoms with Gasteiger partial charge in [0.15, 0.2) is 0 Å². The molecular weight excluding hydrogens is 121 g/mol. The monoisotopic (exact) mass is 129 g/mol. The van der Waals surface area contributed by atoms with Gasteiger partial charge in [-0.2, -0.15) is 0 Å². The summed E-state index contributed by atoms with van der Waals surface area (Å²) in [5.41, 5.74) is 3.74. The molecule has 1 aromatic rings. The van der Waals surface area contributed by atoms with E-state index in [9.17, 15) is 0 Å². The zero-order chi connectivity index (χ0) is 6.97. The predicted octanol–water partition coefficient (Wildman–Crippen LogP) is 0.812. The molecule has 2 heteroatoms. The summed E-state index contributed by atoms with van der Waals surface area (Å²) in [4.78, 5) is 4.37. The number of rotatable bonds is 0. The topological polar surface area (TPSA) is 12.4 Å². The molecule has 0 unspecified atom stereocenters. The molecule has 1 nitrogen and oxygen atoms in total. The van der Waals surface area contributed by atoms with E-state index < -0.39 is 0 Å². The molecule has 0 saturated carbocycles. The lowest BCUT2D eigenvalue weighted by Gasteiger charge is -1.91. The maximum absolute atomic E-state index is 4.37. The zero-order valence-corrected chi connectivity index (χ0v) is 5.96. The van der Waals surface area contributed by atoms with Crippen LogP contribution < -0.4 is 5.46 Å². The fourth-order valence-corrected chi connectivity index (χ4v) is 1.29. The van der Waals surface area contributed by atoms with E-state index in [1.54, 1.807) is 0 Å². The molecule has 10 heavy (non-hydrogen) atoms. The Morgan fingerprint density at radius 3 is 2.90 bits per heavy atom. The van der Waals surface area contributed by atoms with E-state index in [1.807, 2.05) is 6.07 Å². The molecule has 1 aliphatic rings. The Kier molecular flexibility index (Phi) is 1.13. The molecule has 0 saturated heterocycles. The lowest BCUT2D eigenvalue weighted by Crippen LogP contribution is -2.14. The molecular formula is C8H8BN. The van der Waals surface area contributed by atoms with Crippen molar-refractivity contribution in [3.05, 3.63) is 24.3 Å². The first-order valence-electron chi connectivity index (χ1n) is 3.48. The van der Waals surface area contributed by atoms with Crippen LogP contribution in [0.15, 0.2) is 29.3 Å². The van der Waals surface area contributed by atoms with Gasteiger partial charge in [-0.15, -0.1) is 0 Å². The Balaban J connectivity index is 2.54. The van der Waals surface area contributed by atoms with Crippen molar-refractivity contribution in [2.45, 2.75) is 6.92 Å². The summed E-state index contributed by atoms with van der Waals surface area (Å²) in [6.45, 7) is 2.07. The van der Waals surface area contributed by atoms with E-state index in [0.29, 0.717) is 0 Å². The molecule has 1 aromatic carbocycles. The van der Waals surface area contributed by atoms with Gasteiger partial charge in [0, 0.05) is 0 Å².